The van der Waals surface area contributed by atoms with Crippen LogP contribution in [-0.4, -0.2) is 24.0 Å². The Labute approximate surface area is 125 Å². The van der Waals surface area contributed by atoms with Gasteiger partial charge in [0.25, 0.3) is 0 Å². The summed E-state index contributed by atoms with van der Waals surface area (Å²) in [4.78, 5) is 25.4. The number of carboxylic acid groups (broad SMARTS) is 1. The highest BCUT2D eigenvalue weighted by molar-refractivity contribution is 5.95. The number of aliphatic carboxylic acids is 1. The van der Waals surface area contributed by atoms with E-state index in [1.807, 2.05) is 26.0 Å². The van der Waals surface area contributed by atoms with E-state index in [0.717, 1.165) is 29.7 Å². The fourth-order valence-corrected chi connectivity index (χ4v) is 3.18. The van der Waals surface area contributed by atoms with Gasteiger partial charge < -0.3 is 10.0 Å². The van der Waals surface area contributed by atoms with Crippen LogP contribution >= 0.6 is 0 Å². The fourth-order valence-electron chi connectivity index (χ4n) is 3.18. The zero-order valence-electron chi connectivity index (χ0n) is 12.9. The number of amides is 1. The van der Waals surface area contributed by atoms with Gasteiger partial charge in [0.15, 0.2) is 0 Å². The van der Waals surface area contributed by atoms with Crippen LogP contribution in [0.4, 0.5) is 5.69 Å². The number of hydrogen-bond donors (Lipinski definition) is 1. The standard InChI is InChI=1S/C17H23NO3/c1-11-7-12(2)9-15(8-11)18(3)16(19)13-5-4-6-14(10-13)17(20)21/h7-9,13-14H,4-6,10H2,1-3H3,(H,20,21). The molecular weight excluding hydrogens is 266 g/mol. The van der Waals surface area contributed by atoms with Crippen LogP contribution in [0.2, 0.25) is 0 Å². The molecule has 1 aromatic rings. The first-order chi connectivity index (χ1) is 9.88. The molecule has 1 saturated carbocycles. The molecule has 2 atom stereocenters. The van der Waals surface area contributed by atoms with Crippen LogP contribution in [0.5, 0.6) is 0 Å². The maximum Gasteiger partial charge on any atom is 0.306 e. The minimum Gasteiger partial charge on any atom is -0.481 e. The number of rotatable bonds is 3. The first kappa shape index (κ1) is 15.5. The molecule has 1 aliphatic rings. The second-order valence-corrected chi connectivity index (χ2v) is 6.14. The molecule has 114 valence electrons. The average molecular weight is 289 g/mol. The molecule has 0 bridgehead atoms. The molecular formula is C17H23NO3. The lowest BCUT2D eigenvalue weighted by molar-refractivity contribution is -0.143. The molecule has 0 saturated heterocycles. The Morgan fingerprint density at radius 3 is 2.24 bits per heavy atom. The molecule has 4 heteroatoms. The highest BCUT2D eigenvalue weighted by atomic mass is 16.4. The van der Waals surface area contributed by atoms with Crippen molar-refractivity contribution in [3.63, 3.8) is 0 Å². The lowest BCUT2D eigenvalue weighted by Gasteiger charge is -2.29. The van der Waals surface area contributed by atoms with E-state index in [-0.39, 0.29) is 17.7 Å². The number of carboxylic acids is 1. The van der Waals surface area contributed by atoms with E-state index < -0.39 is 5.97 Å². The van der Waals surface area contributed by atoms with E-state index in [1.165, 1.54) is 0 Å². The van der Waals surface area contributed by atoms with E-state index in [1.54, 1.807) is 11.9 Å². The summed E-state index contributed by atoms with van der Waals surface area (Å²) in [6.45, 7) is 4.02. The maximum atomic E-state index is 12.6. The summed E-state index contributed by atoms with van der Waals surface area (Å²) in [5.41, 5.74) is 3.13. The van der Waals surface area contributed by atoms with Crippen molar-refractivity contribution >= 4 is 17.6 Å². The fraction of sp³-hybridized carbons (Fsp3) is 0.529. The molecule has 0 radical (unpaired) electrons. The van der Waals surface area contributed by atoms with Crippen LogP contribution in [-0.2, 0) is 9.59 Å². The molecule has 1 aliphatic carbocycles. The molecule has 1 aromatic carbocycles. The van der Waals surface area contributed by atoms with E-state index in [0.29, 0.717) is 12.8 Å². The first-order valence-electron chi connectivity index (χ1n) is 7.47. The van der Waals surface area contributed by atoms with Crippen LogP contribution in [0, 0.1) is 25.7 Å². The third kappa shape index (κ3) is 3.63. The lowest BCUT2D eigenvalue weighted by atomic mass is 9.80. The predicted octanol–water partition coefficient (Wildman–Crippen LogP) is 3.16. The van der Waals surface area contributed by atoms with Gasteiger partial charge in [0.05, 0.1) is 5.92 Å². The number of aryl methyl sites for hydroxylation is 2. The van der Waals surface area contributed by atoms with Crippen molar-refractivity contribution in [2.75, 3.05) is 11.9 Å². The van der Waals surface area contributed by atoms with E-state index in [4.69, 9.17) is 5.11 Å². The summed E-state index contributed by atoms with van der Waals surface area (Å²) in [6.07, 6.45) is 2.75. The molecule has 21 heavy (non-hydrogen) atoms. The largest absolute Gasteiger partial charge is 0.481 e. The third-order valence-electron chi connectivity index (χ3n) is 4.30. The van der Waals surface area contributed by atoms with Crippen LogP contribution in [0.3, 0.4) is 0 Å². The quantitative estimate of drug-likeness (QED) is 0.930. The predicted molar refractivity (Wildman–Crippen MR) is 82.4 cm³/mol. The summed E-state index contributed by atoms with van der Waals surface area (Å²) < 4.78 is 0. The minimum atomic E-state index is -0.776. The first-order valence-corrected chi connectivity index (χ1v) is 7.47. The Hall–Kier alpha value is -1.84. The Balaban J connectivity index is 2.13. The summed E-state index contributed by atoms with van der Waals surface area (Å²) in [6, 6.07) is 6.05. The van der Waals surface area contributed by atoms with Gasteiger partial charge in [0.1, 0.15) is 0 Å². The molecule has 0 aliphatic heterocycles. The van der Waals surface area contributed by atoms with Crippen molar-refractivity contribution in [3.05, 3.63) is 29.3 Å². The van der Waals surface area contributed by atoms with E-state index in [2.05, 4.69) is 6.07 Å². The van der Waals surface area contributed by atoms with Crippen molar-refractivity contribution in [1.29, 1.82) is 0 Å². The molecule has 0 heterocycles. The van der Waals surface area contributed by atoms with Crippen LogP contribution < -0.4 is 4.90 Å². The molecule has 1 N–H and O–H groups in total. The summed E-state index contributed by atoms with van der Waals surface area (Å²) in [7, 11) is 1.78. The smallest absolute Gasteiger partial charge is 0.306 e. The molecule has 4 nitrogen and oxygen atoms in total. The summed E-state index contributed by atoms with van der Waals surface area (Å²) in [5.74, 6) is -1.29. The second-order valence-electron chi connectivity index (χ2n) is 6.14. The van der Waals surface area contributed by atoms with Crippen molar-refractivity contribution < 1.29 is 14.7 Å². The zero-order chi connectivity index (χ0) is 15.6. The number of carbonyl (C=O) groups is 2. The maximum absolute atomic E-state index is 12.6. The summed E-state index contributed by atoms with van der Waals surface area (Å²) >= 11 is 0. The van der Waals surface area contributed by atoms with Gasteiger partial charge in [0, 0.05) is 18.7 Å². The van der Waals surface area contributed by atoms with E-state index >= 15 is 0 Å². The van der Waals surface area contributed by atoms with Crippen LogP contribution in [0.25, 0.3) is 0 Å². The molecule has 0 spiro atoms. The highest BCUT2D eigenvalue weighted by Gasteiger charge is 2.32. The lowest BCUT2D eigenvalue weighted by Crippen LogP contribution is -2.37. The van der Waals surface area contributed by atoms with Gasteiger partial charge in [-0.3, -0.25) is 9.59 Å². The van der Waals surface area contributed by atoms with Gasteiger partial charge in [-0.05, 0) is 56.4 Å². The van der Waals surface area contributed by atoms with Gasteiger partial charge in [-0.1, -0.05) is 12.5 Å². The number of nitrogens with zero attached hydrogens (tertiary/aromatic N) is 1. The van der Waals surface area contributed by atoms with Crippen LogP contribution in [0.15, 0.2) is 18.2 Å². The highest BCUT2D eigenvalue weighted by Crippen LogP contribution is 2.31. The average Bonchev–Trinajstić information content (AvgIpc) is 2.44. The number of anilines is 1. The molecule has 1 amide bonds. The zero-order valence-corrected chi connectivity index (χ0v) is 12.9. The van der Waals surface area contributed by atoms with Gasteiger partial charge in [-0.2, -0.15) is 0 Å². The van der Waals surface area contributed by atoms with Crippen molar-refractivity contribution in [2.24, 2.45) is 11.8 Å². The molecule has 0 aromatic heterocycles. The van der Waals surface area contributed by atoms with Gasteiger partial charge in [0.2, 0.25) is 5.91 Å². The van der Waals surface area contributed by atoms with Crippen molar-refractivity contribution in [3.8, 4) is 0 Å². The Morgan fingerprint density at radius 2 is 1.67 bits per heavy atom. The third-order valence-corrected chi connectivity index (χ3v) is 4.30. The SMILES string of the molecule is Cc1cc(C)cc(N(C)C(=O)C2CCCC(C(=O)O)C2)c1. The molecule has 2 unspecified atom stereocenters. The van der Waals surface area contributed by atoms with E-state index in [9.17, 15) is 9.59 Å². The Morgan fingerprint density at radius 1 is 1.10 bits per heavy atom. The van der Waals surface area contributed by atoms with Crippen LogP contribution in [0.1, 0.15) is 36.8 Å². The minimum absolute atomic E-state index is 0.0333. The number of carbonyl (C=O) groups excluding carboxylic acids is 1. The molecule has 2 rings (SSSR count). The monoisotopic (exact) mass is 289 g/mol. The summed E-state index contributed by atoms with van der Waals surface area (Å²) in [5, 5.41) is 9.14. The van der Waals surface area contributed by atoms with Gasteiger partial charge in [-0.25, -0.2) is 0 Å². The van der Waals surface area contributed by atoms with Gasteiger partial charge >= 0.3 is 5.97 Å². The number of hydrogen-bond acceptors (Lipinski definition) is 2. The normalized spacial score (nSPS) is 21.9. The van der Waals surface area contributed by atoms with Gasteiger partial charge in [-0.15, -0.1) is 0 Å². The van der Waals surface area contributed by atoms with Crippen molar-refractivity contribution in [2.45, 2.75) is 39.5 Å². The van der Waals surface area contributed by atoms with Crippen molar-refractivity contribution in [1.82, 2.24) is 0 Å². The topological polar surface area (TPSA) is 57.6 Å². The number of benzene rings is 1. The Kier molecular flexibility index (Phi) is 4.66. The Bertz CT molecular complexity index is 533. The second kappa shape index (κ2) is 6.29. The molecule has 1 fully saturated rings.